The van der Waals surface area contributed by atoms with Crippen LogP contribution in [0.15, 0.2) is 65.1 Å². The van der Waals surface area contributed by atoms with E-state index in [-0.39, 0.29) is 24.9 Å². The highest BCUT2D eigenvalue weighted by Crippen LogP contribution is 2.41. The molecule has 0 saturated carbocycles. The molecule has 3 aromatic rings. The number of fused-ring (bicyclic) bond motifs is 2. The van der Waals surface area contributed by atoms with E-state index in [0.717, 1.165) is 21.6 Å². The first-order chi connectivity index (χ1) is 15.9. The number of aryl methyl sites for hydroxylation is 1. The number of benzene rings is 2. The molecule has 0 bridgehead atoms. The maximum atomic E-state index is 13.2. The molecule has 0 radical (unpaired) electrons. The van der Waals surface area contributed by atoms with E-state index in [0.29, 0.717) is 29.4 Å². The van der Waals surface area contributed by atoms with Crippen LogP contribution in [0.3, 0.4) is 0 Å². The second-order valence-corrected chi connectivity index (χ2v) is 8.84. The number of amides is 4. The minimum atomic E-state index is -1.07. The van der Waals surface area contributed by atoms with Gasteiger partial charge >= 0.3 is 6.03 Å². The van der Waals surface area contributed by atoms with Crippen molar-refractivity contribution < 1.29 is 18.8 Å². The number of carbonyl (C=O) groups excluding carboxylic acids is 3. The van der Waals surface area contributed by atoms with Crippen molar-refractivity contribution >= 4 is 29.4 Å². The number of furan rings is 1. The number of imide groups is 1. The van der Waals surface area contributed by atoms with E-state index >= 15 is 0 Å². The zero-order valence-corrected chi connectivity index (χ0v) is 18.8. The highest BCUT2D eigenvalue weighted by molar-refractivity contribution is 6.30. The van der Waals surface area contributed by atoms with Gasteiger partial charge in [0, 0.05) is 17.6 Å². The van der Waals surface area contributed by atoms with Crippen LogP contribution in [0, 0.1) is 0 Å². The molecule has 7 nitrogen and oxygen atoms in total. The van der Waals surface area contributed by atoms with Gasteiger partial charge in [-0.1, -0.05) is 35.9 Å². The third-order valence-electron chi connectivity index (χ3n) is 6.32. The number of carbonyl (C=O) groups is 3. The maximum absolute atomic E-state index is 13.2. The van der Waals surface area contributed by atoms with Crippen LogP contribution in [0.2, 0.25) is 5.02 Å². The third-order valence-corrected chi connectivity index (χ3v) is 6.58. The van der Waals surface area contributed by atoms with Gasteiger partial charge in [-0.2, -0.15) is 0 Å². The van der Waals surface area contributed by atoms with Crippen LogP contribution in [-0.4, -0.2) is 41.2 Å². The SMILES string of the molecule is CN(Cc1ccc(-c2ccc(Cl)cc2)o1)C(=O)CN1C(=O)N[C@@]2(CCc3ccccc32)C1=O. The molecule has 1 aliphatic heterocycles. The standard InChI is InChI=1S/C25H22ClN3O4/c1-28(14-19-10-11-21(33-19)17-6-8-18(26)9-7-17)22(30)15-29-23(31)25(27-24(29)32)13-12-16-4-2-3-5-20(16)25/h2-11H,12-15H2,1H3,(H,27,32)/t25-/m1/s1. The summed E-state index contributed by atoms with van der Waals surface area (Å²) in [7, 11) is 1.62. The number of hydrogen-bond acceptors (Lipinski definition) is 4. The van der Waals surface area contributed by atoms with Gasteiger partial charge in [-0.15, -0.1) is 0 Å². The second-order valence-electron chi connectivity index (χ2n) is 8.41. The summed E-state index contributed by atoms with van der Waals surface area (Å²) < 4.78 is 5.86. The summed E-state index contributed by atoms with van der Waals surface area (Å²) in [5.41, 5.74) is 1.67. The van der Waals surface area contributed by atoms with Crippen molar-refractivity contribution in [3.8, 4) is 11.3 Å². The Bertz CT molecular complexity index is 1250. The predicted octanol–water partition coefficient (Wildman–Crippen LogP) is 3.95. The minimum absolute atomic E-state index is 0.212. The summed E-state index contributed by atoms with van der Waals surface area (Å²) in [4.78, 5) is 41.2. The van der Waals surface area contributed by atoms with Crippen LogP contribution in [0.4, 0.5) is 4.79 Å². The molecule has 168 valence electrons. The number of nitrogens with one attached hydrogen (secondary N) is 1. The number of nitrogens with zero attached hydrogens (tertiary/aromatic N) is 2. The van der Waals surface area contributed by atoms with Gasteiger partial charge in [-0.05, 0) is 60.4 Å². The van der Waals surface area contributed by atoms with Crippen molar-refractivity contribution in [1.82, 2.24) is 15.1 Å². The van der Waals surface area contributed by atoms with E-state index in [9.17, 15) is 14.4 Å². The average Bonchev–Trinajstić information content (AvgIpc) is 3.48. The van der Waals surface area contributed by atoms with E-state index in [2.05, 4.69) is 5.32 Å². The lowest BCUT2D eigenvalue weighted by Crippen LogP contribution is -2.44. The quantitative estimate of drug-likeness (QED) is 0.581. The normalized spacial score (nSPS) is 19.2. The highest BCUT2D eigenvalue weighted by atomic mass is 35.5. The van der Waals surface area contributed by atoms with Gasteiger partial charge in [0.05, 0.1) is 6.54 Å². The monoisotopic (exact) mass is 463 g/mol. The van der Waals surface area contributed by atoms with Gasteiger partial charge in [0.2, 0.25) is 5.91 Å². The summed E-state index contributed by atoms with van der Waals surface area (Å²) in [6.45, 7) is -0.111. The Kier molecular flexibility index (Phi) is 5.21. The van der Waals surface area contributed by atoms with E-state index in [1.165, 1.54) is 4.90 Å². The van der Waals surface area contributed by atoms with Gasteiger partial charge in [0.15, 0.2) is 0 Å². The summed E-state index contributed by atoms with van der Waals surface area (Å²) in [5.74, 6) is 0.529. The molecule has 5 rings (SSSR count). The molecule has 1 N–H and O–H groups in total. The first kappa shape index (κ1) is 21.3. The molecule has 0 unspecified atom stereocenters. The van der Waals surface area contributed by atoms with Gasteiger partial charge in [0.1, 0.15) is 23.6 Å². The lowest BCUT2D eigenvalue weighted by molar-refractivity contribution is -0.138. The molecule has 8 heteroatoms. The molecule has 2 heterocycles. The molecule has 4 amide bonds. The Morgan fingerprint density at radius 1 is 1.12 bits per heavy atom. The molecule has 1 saturated heterocycles. The van der Waals surface area contributed by atoms with Crippen LogP contribution in [0.5, 0.6) is 0 Å². The fourth-order valence-electron chi connectivity index (χ4n) is 4.54. The van der Waals surface area contributed by atoms with Crippen LogP contribution in [-0.2, 0) is 28.1 Å². The van der Waals surface area contributed by atoms with E-state index in [4.69, 9.17) is 16.0 Å². The lowest BCUT2D eigenvalue weighted by Gasteiger charge is -2.23. The van der Waals surface area contributed by atoms with E-state index in [1.807, 2.05) is 42.5 Å². The Labute approximate surface area is 195 Å². The van der Waals surface area contributed by atoms with Crippen molar-refractivity contribution in [2.24, 2.45) is 0 Å². The smallest absolute Gasteiger partial charge is 0.325 e. The number of urea groups is 1. The van der Waals surface area contributed by atoms with Crippen LogP contribution in [0.1, 0.15) is 23.3 Å². The van der Waals surface area contributed by atoms with Crippen LogP contribution in [0.25, 0.3) is 11.3 Å². The number of rotatable bonds is 5. The summed E-state index contributed by atoms with van der Waals surface area (Å²) in [6.07, 6.45) is 1.20. The summed E-state index contributed by atoms with van der Waals surface area (Å²) in [6, 6.07) is 18.0. The second kappa shape index (κ2) is 8.08. The molecular weight excluding hydrogens is 442 g/mol. The van der Waals surface area contributed by atoms with Gasteiger partial charge in [-0.3, -0.25) is 14.5 Å². The Balaban J connectivity index is 1.26. The van der Waals surface area contributed by atoms with E-state index < -0.39 is 11.6 Å². The van der Waals surface area contributed by atoms with Crippen LogP contribution < -0.4 is 5.32 Å². The molecule has 2 aromatic carbocycles. The molecule has 1 aliphatic carbocycles. The maximum Gasteiger partial charge on any atom is 0.325 e. The number of likely N-dealkylation sites (N-methyl/N-ethyl adjacent to an activating group) is 1. The van der Waals surface area contributed by atoms with Crippen molar-refractivity contribution in [2.75, 3.05) is 13.6 Å². The number of hydrogen-bond donors (Lipinski definition) is 1. The topological polar surface area (TPSA) is 82.9 Å². The number of halogens is 1. The molecule has 1 atom stereocenters. The fraction of sp³-hybridized carbons (Fsp3) is 0.240. The molecule has 1 fully saturated rings. The fourth-order valence-corrected chi connectivity index (χ4v) is 4.67. The zero-order chi connectivity index (χ0) is 23.2. The van der Waals surface area contributed by atoms with Crippen molar-refractivity contribution in [2.45, 2.75) is 24.9 Å². The molecule has 1 aromatic heterocycles. The first-order valence-electron chi connectivity index (χ1n) is 10.7. The Hall–Kier alpha value is -3.58. The molecule has 33 heavy (non-hydrogen) atoms. The molecular formula is C25H22ClN3O4. The minimum Gasteiger partial charge on any atom is -0.459 e. The van der Waals surface area contributed by atoms with Gasteiger partial charge in [0.25, 0.3) is 5.91 Å². The van der Waals surface area contributed by atoms with Gasteiger partial charge in [-0.25, -0.2) is 4.79 Å². The average molecular weight is 464 g/mol. The predicted molar refractivity (Wildman–Crippen MR) is 122 cm³/mol. The molecule has 1 spiro atoms. The Morgan fingerprint density at radius 2 is 1.88 bits per heavy atom. The van der Waals surface area contributed by atoms with E-state index in [1.54, 1.807) is 25.2 Å². The van der Waals surface area contributed by atoms with Gasteiger partial charge < -0.3 is 14.6 Å². The Morgan fingerprint density at radius 3 is 2.67 bits per heavy atom. The van der Waals surface area contributed by atoms with Crippen molar-refractivity contribution in [3.05, 3.63) is 82.6 Å². The summed E-state index contributed by atoms with van der Waals surface area (Å²) in [5, 5.41) is 3.48. The largest absolute Gasteiger partial charge is 0.459 e. The zero-order valence-electron chi connectivity index (χ0n) is 18.0. The summed E-state index contributed by atoms with van der Waals surface area (Å²) >= 11 is 5.93. The lowest BCUT2D eigenvalue weighted by atomic mass is 9.92. The van der Waals surface area contributed by atoms with Crippen molar-refractivity contribution in [1.29, 1.82) is 0 Å². The highest BCUT2D eigenvalue weighted by Gasteiger charge is 2.55. The first-order valence-corrected chi connectivity index (χ1v) is 11.1. The van der Waals surface area contributed by atoms with Crippen LogP contribution >= 0.6 is 11.6 Å². The third kappa shape index (κ3) is 3.68. The van der Waals surface area contributed by atoms with Crippen molar-refractivity contribution in [3.63, 3.8) is 0 Å². The molecule has 2 aliphatic rings.